The van der Waals surface area contributed by atoms with Crippen LogP contribution in [-0.4, -0.2) is 35.7 Å². The molecule has 5 nitrogen and oxygen atoms in total. The molecule has 2 amide bonds. The molecule has 1 aliphatic heterocycles. The van der Waals surface area contributed by atoms with Gasteiger partial charge in [0, 0.05) is 14.0 Å². The van der Waals surface area contributed by atoms with Gasteiger partial charge in [0.2, 0.25) is 5.91 Å². The molecule has 0 radical (unpaired) electrons. The molecule has 1 aromatic rings. The number of carbonyl (C=O) groups excluding carboxylic acids is 2. The fourth-order valence-electron chi connectivity index (χ4n) is 1.93. The molecule has 1 heterocycles. The molecule has 17 heavy (non-hydrogen) atoms. The summed E-state index contributed by atoms with van der Waals surface area (Å²) in [6.07, 6.45) is -0.618. The number of nitrogens with zero attached hydrogens (tertiary/aromatic N) is 2. The number of hydrogen-bond donors (Lipinski definition) is 0. The van der Waals surface area contributed by atoms with E-state index in [2.05, 4.69) is 0 Å². The summed E-state index contributed by atoms with van der Waals surface area (Å²) in [7, 11) is 1.71. The first-order valence-corrected chi connectivity index (χ1v) is 5.36. The van der Waals surface area contributed by atoms with Crippen molar-refractivity contribution in [3.63, 3.8) is 0 Å². The van der Waals surface area contributed by atoms with Crippen LogP contribution in [0.2, 0.25) is 0 Å². The molecule has 1 aromatic carbocycles. The normalized spacial score (nSPS) is 21.2. The molecule has 90 valence electrons. The van der Waals surface area contributed by atoms with E-state index in [1.807, 2.05) is 30.3 Å². The largest absolute Gasteiger partial charge is 0.446 e. The number of benzene rings is 1. The van der Waals surface area contributed by atoms with Crippen LogP contribution < -0.4 is 0 Å². The predicted octanol–water partition coefficient (Wildman–Crippen LogP) is 1.57. The van der Waals surface area contributed by atoms with Gasteiger partial charge in [0.05, 0.1) is 6.04 Å². The van der Waals surface area contributed by atoms with Crippen LogP contribution in [0.5, 0.6) is 0 Å². The van der Waals surface area contributed by atoms with Crippen LogP contribution in [-0.2, 0) is 9.53 Å². The van der Waals surface area contributed by atoms with Gasteiger partial charge in [0.1, 0.15) is 6.61 Å². The van der Waals surface area contributed by atoms with Crippen LogP contribution in [0.4, 0.5) is 4.79 Å². The van der Waals surface area contributed by atoms with Crippen LogP contribution in [0, 0.1) is 0 Å². The molecule has 0 aromatic heterocycles. The van der Waals surface area contributed by atoms with Gasteiger partial charge in [-0.15, -0.1) is 0 Å². The fourth-order valence-corrected chi connectivity index (χ4v) is 1.93. The lowest BCUT2D eigenvalue weighted by Gasteiger charge is -2.39. The number of hydrazine groups is 1. The van der Waals surface area contributed by atoms with Crippen LogP contribution in [0.25, 0.3) is 0 Å². The number of ether oxygens (including phenoxy) is 1. The molecule has 1 unspecified atom stereocenters. The number of hydrogen-bond acceptors (Lipinski definition) is 4. The third-order valence-corrected chi connectivity index (χ3v) is 2.79. The molecule has 0 saturated carbocycles. The Bertz CT molecular complexity index is 433. The Kier molecular flexibility index (Phi) is 3.10. The molecule has 1 fully saturated rings. The second kappa shape index (κ2) is 4.55. The maximum absolute atomic E-state index is 11.5. The highest BCUT2D eigenvalue weighted by Crippen LogP contribution is 2.25. The van der Waals surface area contributed by atoms with Gasteiger partial charge in [0.15, 0.2) is 0 Å². The first-order chi connectivity index (χ1) is 8.11. The van der Waals surface area contributed by atoms with Crippen molar-refractivity contribution in [1.82, 2.24) is 10.0 Å². The molecular weight excluding hydrogens is 220 g/mol. The monoisotopic (exact) mass is 234 g/mol. The summed E-state index contributed by atoms with van der Waals surface area (Å²) in [6.45, 7) is 1.59. The smallest absolute Gasteiger partial charge is 0.431 e. The van der Waals surface area contributed by atoms with Crippen molar-refractivity contribution in [2.75, 3.05) is 13.7 Å². The predicted molar refractivity (Wildman–Crippen MR) is 60.8 cm³/mol. The molecule has 0 N–H and O–H groups in total. The Morgan fingerprint density at radius 3 is 2.59 bits per heavy atom. The highest BCUT2D eigenvalue weighted by Gasteiger charge is 2.35. The van der Waals surface area contributed by atoms with Crippen molar-refractivity contribution in [3.8, 4) is 0 Å². The second-order valence-corrected chi connectivity index (χ2v) is 3.91. The minimum atomic E-state index is -0.618. The maximum atomic E-state index is 11.5. The summed E-state index contributed by atoms with van der Waals surface area (Å²) in [4.78, 5) is 22.8. The number of imide groups is 1. The highest BCUT2D eigenvalue weighted by atomic mass is 16.6. The summed E-state index contributed by atoms with van der Waals surface area (Å²) < 4.78 is 5.01. The quantitative estimate of drug-likeness (QED) is 0.740. The van der Waals surface area contributed by atoms with E-state index in [4.69, 9.17) is 4.74 Å². The van der Waals surface area contributed by atoms with Crippen molar-refractivity contribution in [3.05, 3.63) is 35.9 Å². The summed E-state index contributed by atoms with van der Waals surface area (Å²) >= 11 is 0. The Labute approximate surface area is 99.5 Å². The van der Waals surface area contributed by atoms with Crippen molar-refractivity contribution in [2.24, 2.45) is 0 Å². The lowest BCUT2D eigenvalue weighted by atomic mass is 10.1. The van der Waals surface area contributed by atoms with Gasteiger partial charge in [0.25, 0.3) is 0 Å². The zero-order chi connectivity index (χ0) is 12.4. The van der Waals surface area contributed by atoms with Gasteiger partial charge in [-0.05, 0) is 5.56 Å². The topological polar surface area (TPSA) is 49.9 Å². The fraction of sp³-hybridized carbons (Fsp3) is 0.333. The third-order valence-electron chi connectivity index (χ3n) is 2.79. The summed E-state index contributed by atoms with van der Waals surface area (Å²) in [5.41, 5.74) is 1.01. The van der Waals surface area contributed by atoms with Crippen LogP contribution in [0.3, 0.4) is 0 Å². The molecule has 1 saturated heterocycles. The molecule has 0 bridgehead atoms. The van der Waals surface area contributed by atoms with Gasteiger partial charge in [-0.2, -0.15) is 5.01 Å². The number of amides is 2. The second-order valence-electron chi connectivity index (χ2n) is 3.91. The van der Waals surface area contributed by atoms with Gasteiger partial charge in [-0.3, -0.25) is 4.79 Å². The molecule has 1 aliphatic rings. The van der Waals surface area contributed by atoms with Crippen molar-refractivity contribution >= 4 is 12.0 Å². The average molecular weight is 234 g/mol. The number of likely N-dealkylation sites (N-methyl/N-ethyl adjacent to an activating group) is 1. The Hall–Kier alpha value is -1.88. The molecular formula is C12H14N2O3. The van der Waals surface area contributed by atoms with E-state index in [0.717, 1.165) is 10.6 Å². The summed E-state index contributed by atoms with van der Waals surface area (Å²) in [5, 5.41) is 2.63. The van der Waals surface area contributed by atoms with Crippen molar-refractivity contribution in [1.29, 1.82) is 0 Å². The van der Waals surface area contributed by atoms with Crippen molar-refractivity contribution in [2.45, 2.75) is 13.0 Å². The lowest BCUT2D eigenvalue weighted by molar-refractivity contribution is -0.152. The average Bonchev–Trinajstić information content (AvgIpc) is 2.30. The van der Waals surface area contributed by atoms with E-state index in [1.54, 1.807) is 12.1 Å². The molecule has 2 rings (SSSR count). The summed E-state index contributed by atoms with van der Waals surface area (Å²) in [5.74, 6) is -0.349. The first-order valence-electron chi connectivity index (χ1n) is 5.36. The Balaban J connectivity index is 2.26. The van der Waals surface area contributed by atoms with Crippen LogP contribution in [0.1, 0.15) is 18.5 Å². The zero-order valence-corrected chi connectivity index (χ0v) is 9.79. The van der Waals surface area contributed by atoms with Gasteiger partial charge >= 0.3 is 6.09 Å². The third kappa shape index (κ3) is 2.14. The van der Waals surface area contributed by atoms with Gasteiger partial charge in [-0.1, -0.05) is 30.3 Å². The van der Waals surface area contributed by atoms with E-state index in [0.29, 0.717) is 0 Å². The van der Waals surface area contributed by atoms with E-state index >= 15 is 0 Å². The van der Waals surface area contributed by atoms with Crippen LogP contribution >= 0.6 is 0 Å². The summed E-state index contributed by atoms with van der Waals surface area (Å²) in [6, 6.07) is 9.51. The maximum Gasteiger partial charge on any atom is 0.431 e. The van der Waals surface area contributed by atoms with E-state index in [-0.39, 0.29) is 18.6 Å². The molecule has 1 atom stereocenters. The zero-order valence-electron chi connectivity index (χ0n) is 9.79. The van der Waals surface area contributed by atoms with E-state index in [9.17, 15) is 9.59 Å². The van der Waals surface area contributed by atoms with Crippen LogP contribution in [0.15, 0.2) is 30.3 Å². The standard InChI is InChI=1S/C12H14N2O3/c1-9(15)14-12(16)17-8-11(13(14)2)10-6-4-3-5-7-10/h3-7,11H,8H2,1-2H3. The number of carbonyl (C=O) groups is 2. The Morgan fingerprint density at radius 2 is 2.00 bits per heavy atom. The highest BCUT2D eigenvalue weighted by molar-refractivity contribution is 5.90. The SMILES string of the molecule is CC(=O)N1C(=O)OCC(c2ccccc2)N1C. The first kappa shape index (κ1) is 11.6. The van der Waals surface area contributed by atoms with E-state index in [1.165, 1.54) is 6.92 Å². The Morgan fingerprint density at radius 1 is 1.35 bits per heavy atom. The lowest BCUT2D eigenvalue weighted by Crippen LogP contribution is -2.54. The van der Waals surface area contributed by atoms with E-state index < -0.39 is 6.09 Å². The number of rotatable bonds is 1. The minimum absolute atomic E-state index is 0.127. The number of cyclic esters (lactones) is 1. The van der Waals surface area contributed by atoms with Crippen molar-refractivity contribution < 1.29 is 14.3 Å². The van der Waals surface area contributed by atoms with Gasteiger partial charge in [-0.25, -0.2) is 9.80 Å². The van der Waals surface area contributed by atoms with Gasteiger partial charge < -0.3 is 4.74 Å². The molecule has 0 spiro atoms. The molecule has 0 aliphatic carbocycles. The molecule has 5 heteroatoms. The minimum Gasteiger partial charge on any atom is -0.446 e.